The highest BCUT2D eigenvalue weighted by Gasteiger charge is 2.17. The molecule has 0 atom stereocenters. The van der Waals surface area contributed by atoms with Gasteiger partial charge in [-0.25, -0.2) is 13.8 Å². The van der Waals surface area contributed by atoms with E-state index in [9.17, 15) is 8.78 Å². The largest absolute Gasteiger partial charge is 0.319 e. The molecule has 0 saturated heterocycles. The number of aryl methyl sites for hydroxylation is 2. The fourth-order valence-electron chi connectivity index (χ4n) is 2.36. The van der Waals surface area contributed by atoms with Crippen molar-refractivity contribution >= 4 is 34.0 Å². The third kappa shape index (κ3) is 2.45. The van der Waals surface area contributed by atoms with Gasteiger partial charge in [0.2, 0.25) is 0 Å². The summed E-state index contributed by atoms with van der Waals surface area (Å²) in [4.78, 5) is 6.57. The molecular weight excluding hydrogens is 314 g/mol. The SMILES string of the molecule is Cc1cc(Cn2c(CCl)nc3ccc(F)c(F)c32)sc1C. The van der Waals surface area contributed by atoms with Gasteiger partial charge in [-0.05, 0) is 37.6 Å². The van der Waals surface area contributed by atoms with Crippen LogP contribution >= 0.6 is 22.9 Å². The van der Waals surface area contributed by atoms with E-state index < -0.39 is 11.6 Å². The molecule has 2 heterocycles. The number of rotatable bonds is 3. The number of hydrogen-bond donors (Lipinski definition) is 0. The zero-order chi connectivity index (χ0) is 15.1. The quantitative estimate of drug-likeness (QED) is 0.633. The number of aromatic nitrogens is 2. The van der Waals surface area contributed by atoms with E-state index in [1.165, 1.54) is 16.5 Å². The van der Waals surface area contributed by atoms with Crippen LogP contribution in [-0.2, 0) is 12.4 Å². The lowest BCUT2D eigenvalue weighted by Gasteiger charge is -2.07. The van der Waals surface area contributed by atoms with E-state index in [1.54, 1.807) is 15.9 Å². The Morgan fingerprint density at radius 1 is 1.29 bits per heavy atom. The lowest BCUT2D eigenvalue weighted by Crippen LogP contribution is -2.04. The summed E-state index contributed by atoms with van der Waals surface area (Å²) < 4.78 is 29.3. The molecule has 0 fully saturated rings. The number of imidazole rings is 1. The van der Waals surface area contributed by atoms with Gasteiger partial charge in [0, 0.05) is 9.75 Å². The van der Waals surface area contributed by atoms with Crippen LogP contribution in [0.5, 0.6) is 0 Å². The van der Waals surface area contributed by atoms with Crippen molar-refractivity contribution in [2.75, 3.05) is 0 Å². The van der Waals surface area contributed by atoms with Gasteiger partial charge < -0.3 is 4.57 Å². The Kier molecular flexibility index (Phi) is 3.71. The Labute approximate surface area is 130 Å². The van der Waals surface area contributed by atoms with Crippen LogP contribution in [0.1, 0.15) is 21.1 Å². The standard InChI is InChI=1S/C15H13ClF2N2S/c1-8-5-10(21-9(8)2)7-20-13(6-16)19-12-4-3-11(17)14(18)15(12)20/h3-5H,6-7H2,1-2H3. The number of benzene rings is 1. The summed E-state index contributed by atoms with van der Waals surface area (Å²) >= 11 is 7.54. The minimum absolute atomic E-state index is 0.152. The number of nitrogens with zero attached hydrogens (tertiary/aromatic N) is 2. The molecule has 0 aliphatic carbocycles. The second-order valence-corrected chi connectivity index (χ2v) is 6.54. The van der Waals surface area contributed by atoms with Gasteiger partial charge in [0.1, 0.15) is 11.3 Å². The molecular formula is C15H13ClF2N2S. The van der Waals surface area contributed by atoms with E-state index >= 15 is 0 Å². The highest BCUT2D eigenvalue weighted by molar-refractivity contribution is 7.12. The smallest absolute Gasteiger partial charge is 0.184 e. The number of halogens is 3. The first-order chi connectivity index (χ1) is 10.0. The summed E-state index contributed by atoms with van der Waals surface area (Å²) in [6.07, 6.45) is 0. The Morgan fingerprint density at radius 3 is 2.67 bits per heavy atom. The molecule has 1 aromatic carbocycles. The van der Waals surface area contributed by atoms with Crippen LogP contribution in [0.2, 0.25) is 0 Å². The van der Waals surface area contributed by atoms with Crippen molar-refractivity contribution in [1.29, 1.82) is 0 Å². The number of hydrogen-bond acceptors (Lipinski definition) is 2. The van der Waals surface area contributed by atoms with E-state index in [1.807, 2.05) is 13.8 Å². The van der Waals surface area contributed by atoms with Gasteiger partial charge in [-0.2, -0.15) is 0 Å². The van der Waals surface area contributed by atoms with E-state index in [0.717, 1.165) is 10.9 Å². The monoisotopic (exact) mass is 326 g/mol. The van der Waals surface area contributed by atoms with Crippen molar-refractivity contribution in [3.63, 3.8) is 0 Å². The summed E-state index contributed by atoms with van der Waals surface area (Å²) in [6, 6.07) is 4.62. The minimum Gasteiger partial charge on any atom is -0.319 e. The molecule has 0 saturated carbocycles. The van der Waals surface area contributed by atoms with Gasteiger partial charge in [0.15, 0.2) is 11.6 Å². The molecule has 3 rings (SSSR count). The third-order valence-electron chi connectivity index (χ3n) is 3.53. The van der Waals surface area contributed by atoms with E-state index in [0.29, 0.717) is 17.9 Å². The van der Waals surface area contributed by atoms with Gasteiger partial charge in [-0.15, -0.1) is 22.9 Å². The first-order valence-electron chi connectivity index (χ1n) is 6.46. The highest BCUT2D eigenvalue weighted by Crippen LogP contribution is 2.27. The lowest BCUT2D eigenvalue weighted by atomic mass is 10.2. The van der Waals surface area contributed by atoms with Crippen LogP contribution in [0.25, 0.3) is 11.0 Å². The normalized spacial score (nSPS) is 11.5. The molecule has 21 heavy (non-hydrogen) atoms. The second kappa shape index (κ2) is 5.39. The Morgan fingerprint density at radius 2 is 2.05 bits per heavy atom. The lowest BCUT2D eigenvalue weighted by molar-refractivity contribution is 0.512. The average Bonchev–Trinajstić information content (AvgIpc) is 2.96. The van der Waals surface area contributed by atoms with Crippen molar-refractivity contribution in [3.8, 4) is 0 Å². The fraction of sp³-hybridized carbons (Fsp3) is 0.267. The van der Waals surface area contributed by atoms with Crippen LogP contribution in [0.3, 0.4) is 0 Å². The molecule has 0 aliphatic rings. The maximum absolute atomic E-state index is 14.1. The van der Waals surface area contributed by atoms with Crippen molar-refractivity contribution in [1.82, 2.24) is 9.55 Å². The highest BCUT2D eigenvalue weighted by atomic mass is 35.5. The second-order valence-electron chi connectivity index (χ2n) is 4.93. The Bertz CT molecular complexity index is 803. The average molecular weight is 327 g/mol. The van der Waals surface area contributed by atoms with Crippen LogP contribution in [0.15, 0.2) is 18.2 Å². The Balaban J connectivity index is 2.17. The number of thiophene rings is 1. The number of alkyl halides is 1. The first kappa shape index (κ1) is 14.5. The van der Waals surface area contributed by atoms with Crippen LogP contribution in [0, 0.1) is 25.5 Å². The molecule has 0 amide bonds. The third-order valence-corrected chi connectivity index (χ3v) is 4.91. The molecule has 2 nitrogen and oxygen atoms in total. The van der Waals surface area contributed by atoms with Crippen molar-refractivity contribution in [2.24, 2.45) is 0 Å². The molecule has 2 aromatic heterocycles. The predicted octanol–water partition coefficient (Wildman–Crippen LogP) is 4.78. The van der Waals surface area contributed by atoms with Gasteiger partial charge in [0.25, 0.3) is 0 Å². The molecule has 0 unspecified atom stereocenters. The molecule has 0 radical (unpaired) electrons. The van der Waals surface area contributed by atoms with Crippen molar-refractivity contribution in [3.05, 3.63) is 51.0 Å². The maximum atomic E-state index is 14.1. The first-order valence-corrected chi connectivity index (χ1v) is 7.81. The topological polar surface area (TPSA) is 17.8 Å². The van der Waals surface area contributed by atoms with E-state index in [4.69, 9.17) is 11.6 Å². The van der Waals surface area contributed by atoms with Gasteiger partial charge >= 0.3 is 0 Å². The van der Waals surface area contributed by atoms with Crippen molar-refractivity contribution in [2.45, 2.75) is 26.3 Å². The van der Waals surface area contributed by atoms with Crippen LogP contribution in [0.4, 0.5) is 8.78 Å². The van der Waals surface area contributed by atoms with E-state index in [2.05, 4.69) is 11.1 Å². The van der Waals surface area contributed by atoms with Gasteiger partial charge in [0.05, 0.1) is 17.9 Å². The Hall–Kier alpha value is -1.46. The van der Waals surface area contributed by atoms with Crippen LogP contribution < -0.4 is 0 Å². The maximum Gasteiger partial charge on any atom is 0.184 e. The molecule has 0 N–H and O–H groups in total. The van der Waals surface area contributed by atoms with E-state index in [-0.39, 0.29) is 11.4 Å². The minimum atomic E-state index is -0.874. The zero-order valence-corrected chi connectivity index (χ0v) is 13.2. The molecule has 0 bridgehead atoms. The van der Waals surface area contributed by atoms with Crippen molar-refractivity contribution < 1.29 is 8.78 Å². The predicted molar refractivity (Wildman–Crippen MR) is 82.1 cm³/mol. The molecule has 6 heteroatoms. The summed E-state index contributed by atoms with van der Waals surface area (Å²) in [5.74, 6) is -1.05. The summed E-state index contributed by atoms with van der Waals surface area (Å²) in [7, 11) is 0. The molecule has 3 aromatic rings. The molecule has 0 aliphatic heterocycles. The summed E-state index contributed by atoms with van der Waals surface area (Å²) in [5.41, 5.74) is 1.79. The van der Waals surface area contributed by atoms with Crippen LogP contribution in [-0.4, -0.2) is 9.55 Å². The molecule has 110 valence electrons. The fourth-order valence-corrected chi connectivity index (χ4v) is 3.61. The summed E-state index contributed by atoms with van der Waals surface area (Å²) in [6.45, 7) is 4.51. The zero-order valence-electron chi connectivity index (χ0n) is 11.6. The number of fused-ring (bicyclic) bond motifs is 1. The van der Waals surface area contributed by atoms with Gasteiger partial charge in [-0.1, -0.05) is 0 Å². The van der Waals surface area contributed by atoms with Gasteiger partial charge in [-0.3, -0.25) is 0 Å². The summed E-state index contributed by atoms with van der Waals surface area (Å²) in [5, 5.41) is 0. The molecule has 0 spiro atoms.